The molecule has 1 aliphatic carbocycles. The van der Waals surface area contributed by atoms with Crippen molar-refractivity contribution in [2.45, 2.75) is 63.4 Å². The van der Waals surface area contributed by atoms with Gasteiger partial charge in [0, 0.05) is 25.7 Å². The van der Waals surface area contributed by atoms with Crippen LogP contribution < -0.4 is 0 Å². The number of nitrogens with zero attached hydrogens (tertiary/aromatic N) is 2. The van der Waals surface area contributed by atoms with Crippen molar-refractivity contribution in [2.24, 2.45) is 5.41 Å². The number of carbonyl (C=O) groups excluding carboxylic acids is 1. The van der Waals surface area contributed by atoms with E-state index in [2.05, 4.69) is 0 Å². The minimum Gasteiger partial charge on any atom is -0.450 e. The molecule has 27 heavy (non-hydrogen) atoms. The number of rotatable bonds is 3. The minimum absolute atomic E-state index is 0.0439. The van der Waals surface area contributed by atoms with Crippen LogP contribution in [0.3, 0.4) is 0 Å². The summed E-state index contributed by atoms with van der Waals surface area (Å²) in [5.74, 6) is 0. The third kappa shape index (κ3) is 3.25. The molecule has 2 aliphatic heterocycles. The Morgan fingerprint density at radius 1 is 1.30 bits per heavy atom. The highest BCUT2D eigenvalue weighted by Crippen LogP contribution is 2.51. The summed E-state index contributed by atoms with van der Waals surface area (Å²) in [5.41, 5.74) is 2.22. The zero-order valence-corrected chi connectivity index (χ0v) is 16.9. The first-order valence-electron chi connectivity index (χ1n) is 9.90. The molecule has 1 spiro atoms. The third-order valence-corrected chi connectivity index (χ3v) is 8.40. The molecule has 0 aromatic heterocycles. The summed E-state index contributed by atoms with van der Waals surface area (Å²) < 4.78 is 33.4. The molecule has 7 heteroatoms. The number of carbonyl (C=O) groups is 1. The van der Waals surface area contributed by atoms with E-state index in [1.54, 1.807) is 28.3 Å². The average Bonchev–Trinajstić information content (AvgIpc) is 3.00. The Morgan fingerprint density at radius 2 is 2.07 bits per heavy atom. The quantitative estimate of drug-likeness (QED) is 0.792. The van der Waals surface area contributed by atoms with Crippen LogP contribution in [0.5, 0.6) is 0 Å². The fourth-order valence-electron chi connectivity index (χ4n) is 4.84. The Labute approximate surface area is 161 Å². The molecular formula is C20H28N2O4S. The summed E-state index contributed by atoms with van der Waals surface area (Å²) in [7, 11) is -3.52. The van der Waals surface area contributed by atoms with Crippen molar-refractivity contribution in [3.8, 4) is 0 Å². The van der Waals surface area contributed by atoms with Gasteiger partial charge in [-0.2, -0.15) is 4.31 Å². The lowest BCUT2D eigenvalue weighted by molar-refractivity contribution is 0.102. The Balaban J connectivity index is 1.58. The molecule has 1 amide bonds. The SMILES string of the molecule is CCOC(=O)N1CCc2ccc(S(=O)(=O)N3CC4(CCC4)CC3C)cc2C1. The number of fused-ring (bicyclic) bond motifs is 1. The van der Waals surface area contributed by atoms with Gasteiger partial charge in [-0.05, 0) is 68.2 Å². The monoisotopic (exact) mass is 392 g/mol. The second-order valence-corrected chi connectivity index (χ2v) is 10.1. The average molecular weight is 393 g/mol. The predicted octanol–water partition coefficient (Wildman–Crippen LogP) is 3.15. The maximum Gasteiger partial charge on any atom is 0.410 e. The molecule has 1 aromatic carbocycles. The molecule has 6 nitrogen and oxygen atoms in total. The number of hydrogen-bond donors (Lipinski definition) is 0. The number of amides is 1. The van der Waals surface area contributed by atoms with E-state index in [1.807, 2.05) is 13.0 Å². The van der Waals surface area contributed by atoms with Crippen molar-refractivity contribution in [3.63, 3.8) is 0 Å². The van der Waals surface area contributed by atoms with Crippen molar-refractivity contribution in [3.05, 3.63) is 29.3 Å². The zero-order valence-electron chi connectivity index (χ0n) is 16.1. The lowest BCUT2D eigenvalue weighted by Gasteiger charge is -2.38. The molecule has 2 fully saturated rings. The molecule has 4 rings (SSSR count). The molecular weight excluding hydrogens is 364 g/mol. The van der Waals surface area contributed by atoms with Crippen LogP contribution >= 0.6 is 0 Å². The van der Waals surface area contributed by atoms with Crippen LogP contribution in [-0.2, 0) is 27.7 Å². The van der Waals surface area contributed by atoms with Crippen LogP contribution in [0, 0.1) is 5.41 Å². The van der Waals surface area contributed by atoms with Gasteiger partial charge in [0.05, 0.1) is 11.5 Å². The fraction of sp³-hybridized carbons (Fsp3) is 0.650. The standard InChI is InChI=1S/C20H28N2O4S/c1-3-26-19(23)21-10-7-16-5-6-18(11-17(16)13-21)27(24,25)22-14-20(8-4-9-20)12-15(22)2/h5-6,11,15H,3-4,7-10,12-14H2,1-2H3. The summed E-state index contributed by atoms with van der Waals surface area (Å²) in [5, 5.41) is 0. The highest BCUT2D eigenvalue weighted by molar-refractivity contribution is 7.89. The lowest BCUT2D eigenvalue weighted by Crippen LogP contribution is -2.38. The first-order chi connectivity index (χ1) is 12.8. The highest BCUT2D eigenvalue weighted by Gasteiger charge is 2.50. The highest BCUT2D eigenvalue weighted by atomic mass is 32.2. The number of hydrogen-bond acceptors (Lipinski definition) is 4. The molecule has 148 valence electrons. The first kappa shape index (κ1) is 18.7. The van der Waals surface area contributed by atoms with Crippen molar-refractivity contribution in [1.82, 2.24) is 9.21 Å². The first-order valence-corrected chi connectivity index (χ1v) is 11.3. The van der Waals surface area contributed by atoms with E-state index >= 15 is 0 Å². The summed E-state index contributed by atoms with van der Waals surface area (Å²) >= 11 is 0. The van der Waals surface area contributed by atoms with E-state index in [9.17, 15) is 13.2 Å². The normalized spacial score (nSPS) is 24.5. The molecule has 1 saturated carbocycles. The van der Waals surface area contributed by atoms with E-state index in [1.165, 1.54) is 6.42 Å². The number of sulfonamides is 1. The number of benzene rings is 1. The summed E-state index contributed by atoms with van der Waals surface area (Å²) in [4.78, 5) is 14.0. The molecule has 1 aromatic rings. The van der Waals surface area contributed by atoms with Gasteiger partial charge < -0.3 is 9.64 Å². The van der Waals surface area contributed by atoms with E-state index in [0.29, 0.717) is 31.1 Å². The second kappa shape index (κ2) is 6.78. The van der Waals surface area contributed by atoms with Crippen LogP contribution in [-0.4, -0.2) is 49.5 Å². The van der Waals surface area contributed by atoms with Gasteiger partial charge in [0.1, 0.15) is 0 Å². The van der Waals surface area contributed by atoms with Gasteiger partial charge in [-0.25, -0.2) is 13.2 Å². The summed E-state index contributed by atoms with van der Waals surface area (Å²) in [6.45, 7) is 5.78. The summed E-state index contributed by atoms with van der Waals surface area (Å²) in [6.07, 6.45) is 4.84. The van der Waals surface area contributed by atoms with Gasteiger partial charge in [-0.1, -0.05) is 12.5 Å². The van der Waals surface area contributed by atoms with Crippen LogP contribution in [0.4, 0.5) is 4.79 Å². The maximum atomic E-state index is 13.3. The van der Waals surface area contributed by atoms with Gasteiger partial charge in [0.25, 0.3) is 0 Å². The molecule has 3 aliphatic rings. The van der Waals surface area contributed by atoms with Crippen LogP contribution in [0.25, 0.3) is 0 Å². The molecule has 1 unspecified atom stereocenters. The second-order valence-electron chi connectivity index (χ2n) is 8.26. The Hall–Kier alpha value is -1.60. The topological polar surface area (TPSA) is 66.9 Å². The van der Waals surface area contributed by atoms with Crippen molar-refractivity contribution >= 4 is 16.1 Å². The van der Waals surface area contributed by atoms with Crippen molar-refractivity contribution in [2.75, 3.05) is 19.7 Å². The van der Waals surface area contributed by atoms with Gasteiger partial charge in [-0.3, -0.25) is 0 Å². The fourth-order valence-corrected chi connectivity index (χ4v) is 6.63. The minimum atomic E-state index is -3.52. The maximum absolute atomic E-state index is 13.3. The van der Waals surface area contributed by atoms with Crippen molar-refractivity contribution < 1.29 is 17.9 Å². The molecule has 0 bridgehead atoms. The summed E-state index contributed by atoms with van der Waals surface area (Å²) in [6, 6.07) is 5.44. The van der Waals surface area contributed by atoms with E-state index in [4.69, 9.17) is 4.74 Å². The van der Waals surface area contributed by atoms with Crippen LogP contribution in [0.1, 0.15) is 50.7 Å². The number of ether oxygens (including phenoxy) is 1. The Bertz CT molecular complexity index is 848. The largest absolute Gasteiger partial charge is 0.450 e. The molecule has 0 N–H and O–H groups in total. The van der Waals surface area contributed by atoms with Crippen LogP contribution in [0.2, 0.25) is 0 Å². The zero-order chi connectivity index (χ0) is 19.2. The van der Waals surface area contributed by atoms with Crippen LogP contribution in [0.15, 0.2) is 23.1 Å². The van der Waals surface area contributed by atoms with Gasteiger partial charge >= 0.3 is 6.09 Å². The Morgan fingerprint density at radius 3 is 2.70 bits per heavy atom. The molecule has 1 atom stereocenters. The Kier molecular flexibility index (Phi) is 4.71. The smallest absolute Gasteiger partial charge is 0.410 e. The lowest BCUT2D eigenvalue weighted by atomic mass is 9.68. The van der Waals surface area contributed by atoms with Gasteiger partial charge in [-0.15, -0.1) is 0 Å². The van der Waals surface area contributed by atoms with E-state index in [-0.39, 0.29) is 17.6 Å². The van der Waals surface area contributed by atoms with Gasteiger partial charge in [0.2, 0.25) is 10.0 Å². The molecule has 2 heterocycles. The molecule has 1 saturated heterocycles. The van der Waals surface area contributed by atoms with Crippen molar-refractivity contribution in [1.29, 1.82) is 0 Å². The predicted molar refractivity (Wildman–Crippen MR) is 102 cm³/mol. The van der Waals surface area contributed by atoms with E-state index in [0.717, 1.165) is 36.8 Å². The molecule has 0 radical (unpaired) electrons. The third-order valence-electron chi connectivity index (χ3n) is 6.45. The van der Waals surface area contributed by atoms with Gasteiger partial charge in [0.15, 0.2) is 0 Å². The van der Waals surface area contributed by atoms with E-state index < -0.39 is 10.0 Å².